The van der Waals surface area contributed by atoms with Crippen LogP contribution in [0.3, 0.4) is 0 Å². The standard InChI is InChI=1S/C20H33IO4/c1-4-5-6-8-11-16-18(22)14-17(21)20(16)24-13-10-7-9-12-19(23)25-15(2)3/h14-16,20H,4-13H2,1-3H3/t16-,20+/m0/s1. The fourth-order valence-electron chi connectivity index (χ4n) is 3.03. The van der Waals surface area contributed by atoms with Gasteiger partial charge < -0.3 is 9.47 Å². The number of ether oxygens (including phenoxy) is 2. The molecule has 0 radical (unpaired) electrons. The SMILES string of the molecule is CCCCCC[C@H]1C(=O)C=C(I)[C@@H]1OCCCCCC(=O)OC(C)C. The van der Waals surface area contributed by atoms with Crippen molar-refractivity contribution in [3.05, 3.63) is 9.66 Å². The Morgan fingerprint density at radius 1 is 1.16 bits per heavy atom. The zero-order valence-corrected chi connectivity index (χ0v) is 18.0. The maximum absolute atomic E-state index is 12.1. The van der Waals surface area contributed by atoms with E-state index in [1.807, 2.05) is 13.8 Å². The molecule has 0 aromatic carbocycles. The van der Waals surface area contributed by atoms with Gasteiger partial charge in [-0.1, -0.05) is 39.0 Å². The van der Waals surface area contributed by atoms with E-state index in [1.165, 1.54) is 19.3 Å². The summed E-state index contributed by atoms with van der Waals surface area (Å²) in [6.45, 7) is 6.56. The van der Waals surface area contributed by atoms with Crippen LogP contribution in [-0.4, -0.2) is 30.6 Å². The number of rotatable bonds is 13. The van der Waals surface area contributed by atoms with E-state index in [0.717, 1.165) is 35.7 Å². The summed E-state index contributed by atoms with van der Waals surface area (Å²) in [4.78, 5) is 23.6. The lowest BCUT2D eigenvalue weighted by molar-refractivity contribution is -0.147. The van der Waals surface area contributed by atoms with Crippen molar-refractivity contribution in [2.24, 2.45) is 5.92 Å². The molecule has 0 N–H and O–H groups in total. The van der Waals surface area contributed by atoms with Crippen LogP contribution in [0.4, 0.5) is 0 Å². The lowest BCUT2D eigenvalue weighted by atomic mass is 9.96. The van der Waals surface area contributed by atoms with Crippen LogP contribution in [0.15, 0.2) is 9.66 Å². The summed E-state index contributed by atoms with van der Waals surface area (Å²) in [7, 11) is 0. The van der Waals surface area contributed by atoms with Crippen LogP contribution in [0.1, 0.15) is 78.6 Å². The number of halogens is 1. The second kappa shape index (κ2) is 12.8. The number of allylic oxidation sites excluding steroid dienone is 1. The molecule has 1 aliphatic rings. The molecule has 4 nitrogen and oxygen atoms in total. The fraction of sp³-hybridized carbons (Fsp3) is 0.800. The van der Waals surface area contributed by atoms with E-state index in [0.29, 0.717) is 13.0 Å². The predicted octanol–water partition coefficient (Wildman–Crippen LogP) is 5.37. The summed E-state index contributed by atoms with van der Waals surface area (Å²) in [6.07, 6.45) is 10.4. The molecule has 5 heteroatoms. The van der Waals surface area contributed by atoms with Gasteiger partial charge in [0.15, 0.2) is 5.78 Å². The average molecular weight is 464 g/mol. The minimum absolute atomic E-state index is 0.00442. The molecule has 1 rings (SSSR count). The smallest absolute Gasteiger partial charge is 0.306 e. The number of carbonyl (C=O) groups excluding carboxylic acids is 2. The lowest BCUT2D eigenvalue weighted by Crippen LogP contribution is -2.25. The molecule has 1 aliphatic carbocycles. The Labute approximate surface area is 166 Å². The maximum Gasteiger partial charge on any atom is 0.306 e. The van der Waals surface area contributed by atoms with Crippen LogP contribution in [-0.2, 0) is 19.1 Å². The van der Waals surface area contributed by atoms with Gasteiger partial charge in [0.25, 0.3) is 0 Å². The third-order valence-electron chi connectivity index (χ3n) is 4.34. The normalized spacial score (nSPS) is 20.2. The summed E-state index contributed by atoms with van der Waals surface area (Å²) >= 11 is 2.24. The van der Waals surface area contributed by atoms with Gasteiger partial charge in [-0.25, -0.2) is 0 Å². The number of hydrogen-bond donors (Lipinski definition) is 0. The zero-order valence-electron chi connectivity index (χ0n) is 15.9. The van der Waals surface area contributed by atoms with Crippen molar-refractivity contribution in [3.63, 3.8) is 0 Å². The van der Waals surface area contributed by atoms with Crippen molar-refractivity contribution < 1.29 is 19.1 Å². The molecule has 0 unspecified atom stereocenters. The molecule has 25 heavy (non-hydrogen) atoms. The predicted molar refractivity (Wildman–Crippen MR) is 109 cm³/mol. The van der Waals surface area contributed by atoms with E-state index in [4.69, 9.17) is 9.47 Å². The third kappa shape index (κ3) is 9.18. The number of ketones is 1. The number of esters is 1. The number of carbonyl (C=O) groups is 2. The van der Waals surface area contributed by atoms with E-state index < -0.39 is 0 Å². The Morgan fingerprint density at radius 2 is 1.88 bits per heavy atom. The average Bonchev–Trinajstić information content (AvgIpc) is 2.80. The second-order valence-corrected chi connectivity index (χ2v) is 8.27. The van der Waals surface area contributed by atoms with Crippen molar-refractivity contribution in [2.45, 2.75) is 90.8 Å². The first-order chi connectivity index (χ1) is 12.0. The van der Waals surface area contributed by atoms with Crippen LogP contribution in [0.25, 0.3) is 0 Å². The molecule has 0 saturated heterocycles. The largest absolute Gasteiger partial charge is 0.463 e. The minimum atomic E-state index is -0.123. The molecule has 144 valence electrons. The summed E-state index contributed by atoms with van der Waals surface area (Å²) < 4.78 is 12.2. The number of hydrogen-bond acceptors (Lipinski definition) is 4. The summed E-state index contributed by atoms with van der Waals surface area (Å²) in [5.41, 5.74) is 0. The van der Waals surface area contributed by atoms with Crippen LogP contribution in [0, 0.1) is 5.92 Å². The first-order valence-corrected chi connectivity index (χ1v) is 10.8. The van der Waals surface area contributed by atoms with Gasteiger partial charge >= 0.3 is 5.97 Å². The third-order valence-corrected chi connectivity index (χ3v) is 5.27. The van der Waals surface area contributed by atoms with Crippen molar-refractivity contribution in [3.8, 4) is 0 Å². The fourth-order valence-corrected chi connectivity index (χ4v) is 3.95. The minimum Gasteiger partial charge on any atom is -0.463 e. The molecule has 0 spiro atoms. The van der Waals surface area contributed by atoms with Crippen LogP contribution >= 0.6 is 22.6 Å². The van der Waals surface area contributed by atoms with Gasteiger partial charge in [-0.05, 0) is 61.8 Å². The molecule has 0 saturated carbocycles. The van der Waals surface area contributed by atoms with Crippen molar-refractivity contribution in [2.75, 3.05) is 6.61 Å². The first kappa shape index (κ1) is 22.6. The highest BCUT2D eigenvalue weighted by Gasteiger charge is 2.35. The van der Waals surface area contributed by atoms with Gasteiger partial charge in [-0.2, -0.15) is 0 Å². The van der Waals surface area contributed by atoms with Gasteiger partial charge in [0, 0.05) is 16.6 Å². The second-order valence-electron chi connectivity index (χ2n) is 7.03. The Kier molecular flexibility index (Phi) is 11.6. The van der Waals surface area contributed by atoms with E-state index in [1.54, 1.807) is 6.08 Å². The van der Waals surface area contributed by atoms with Crippen LogP contribution < -0.4 is 0 Å². The van der Waals surface area contributed by atoms with Crippen LogP contribution in [0.2, 0.25) is 0 Å². The van der Waals surface area contributed by atoms with E-state index >= 15 is 0 Å². The quantitative estimate of drug-likeness (QED) is 0.209. The maximum atomic E-state index is 12.1. The molecule has 0 aliphatic heterocycles. The molecule has 0 aromatic heterocycles. The van der Waals surface area contributed by atoms with E-state index in [-0.39, 0.29) is 29.9 Å². The lowest BCUT2D eigenvalue weighted by Gasteiger charge is -2.20. The Balaban J connectivity index is 2.21. The van der Waals surface area contributed by atoms with Gasteiger partial charge in [0.05, 0.1) is 18.1 Å². The highest BCUT2D eigenvalue weighted by atomic mass is 127. The number of unbranched alkanes of at least 4 members (excludes halogenated alkanes) is 5. The topological polar surface area (TPSA) is 52.6 Å². The molecular weight excluding hydrogens is 431 g/mol. The van der Waals surface area contributed by atoms with E-state index in [2.05, 4.69) is 29.5 Å². The highest BCUT2D eigenvalue weighted by molar-refractivity contribution is 14.1. The van der Waals surface area contributed by atoms with Gasteiger partial charge in [0.2, 0.25) is 0 Å². The highest BCUT2D eigenvalue weighted by Crippen LogP contribution is 2.33. The van der Waals surface area contributed by atoms with Crippen molar-refractivity contribution >= 4 is 34.3 Å². The van der Waals surface area contributed by atoms with Crippen molar-refractivity contribution in [1.29, 1.82) is 0 Å². The Hall–Kier alpha value is -0.430. The molecule has 0 bridgehead atoms. The Morgan fingerprint density at radius 3 is 2.56 bits per heavy atom. The first-order valence-electron chi connectivity index (χ1n) is 9.67. The van der Waals surface area contributed by atoms with Crippen LogP contribution in [0.5, 0.6) is 0 Å². The molecule has 0 amide bonds. The zero-order chi connectivity index (χ0) is 18.7. The summed E-state index contributed by atoms with van der Waals surface area (Å²) in [5.74, 6) is 0.106. The molecular formula is C20H33IO4. The van der Waals surface area contributed by atoms with Gasteiger partial charge in [-0.15, -0.1) is 0 Å². The summed E-state index contributed by atoms with van der Waals surface area (Å²) in [6, 6.07) is 0. The summed E-state index contributed by atoms with van der Waals surface area (Å²) in [5, 5.41) is 0. The van der Waals surface area contributed by atoms with Gasteiger partial charge in [-0.3, -0.25) is 9.59 Å². The van der Waals surface area contributed by atoms with Gasteiger partial charge in [0.1, 0.15) is 0 Å². The monoisotopic (exact) mass is 464 g/mol. The molecule has 2 atom stereocenters. The van der Waals surface area contributed by atoms with Crippen molar-refractivity contribution in [1.82, 2.24) is 0 Å². The molecule has 0 fully saturated rings. The van der Waals surface area contributed by atoms with E-state index in [9.17, 15) is 9.59 Å². The molecule has 0 heterocycles. The Bertz CT molecular complexity index is 445. The molecule has 0 aromatic rings.